The second kappa shape index (κ2) is 5.91. The van der Waals surface area contributed by atoms with Crippen molar-refractivity contribution in [2.45, 2.75) is 23.7 Å². The number of benzene rings is 1. The average Bonchev–Trinajstić information content (AvgIpc) is 2.19. The van der Waals surface area contributed by atoms with Gasteiger partial charge >= 0.3 is 5.51 Å². The predicted octanol–water partition coefficient (Wildman–Crippen LogP) is 4.57. The van der Waals surface area contributed by atoms with Gasteiger partial charge in [0.05, 0.1) is 0 Å². The molecule has 0 bridgehead atoms. The molecule has 0 unspecified atom stereocenters. The standard InChI is InChI=1S/C11H10BrF3OS/c1-7-2-3-8(9(16)4-5-12)6-10(7)17-11(13,14)15/h2-3,6H,4-5H2,1H3. The van der Waals surface area contributed by atoms with Gasteiger partial charge in [0.25, 0.3) is 0 Å². The number of halogens is 4. The minimum atomic E-state index is -4.33. The lowest BCUT2D eigenvalue weighted by Gasteiger charge is -2.09. The second-order valence-corrected chi connectivity index (χ2v) is 5.29. The maximum Gasteiger partial charge on any atom is 0.446 e. The molecule has 0 radical (unpaired) electrons. The molecule has 1 rings (SSSR count). The van der Waals surface area contributed by atoms with E-state index >= 15 is 0 Å². The first-order valence-electron chi connectivity index (χ1n) is 4.79. The third-order valence-corrected chi connectivity index (χ3v) is 3.35. The molecule has 1 aromatic carbocycles. The molecule has 0 aliphatic heterocycles. The van der Waals surface area contributed by atoms with Gasteiger partial charge in [-0.25, -0.2) is 0 Å². The van der Waals surface area contributed by atoms with Gasteiger partial charge in [-0.1, -0.05) is 28.1 Å². The normalized spacial score (nSPS) is 11.6. The first-order valence-corrected chi connectivity index (χ1v) is 6.73. The fourth-order valence-electron chi connectivity index (χ4n) is 1.24. The molecular weight excluding hydrogens is 317 g/mol. The maximum absolute atomic E-state index is 12.3. The molecule has 0 aromatic heterocycles. The van der Waals surface area contributed by atoms with Gasteiger partial charge < -0.3 is 0 Å². The number of hydrogen-bond acceptors (Lipinski definition) is 2. The van der Waals surface area contributed by atoms with E-state index in [0.29, 0.717) is 16.5 Å². The zero-order chi connectivity index (χ0) is 13.1. The number of Topliss-reactive ketones (excluding diaryl/α,β-unsaturated/α-hetero) is 1. The summed E-state index contributed by atoms with van der Waals surface area (Å²) in [5.41, 5.74) is -3.49. The second-order valence-electron chi connectivity index (χ2n) is 3.39. The van der Waals surface area contributed by atoms with Crippen LogP contribution in [0.4, 0.5) is 13.2 Å². The van der Waals surface area contributed by atoms with E-state index in [1.807, 2.05) is 0 Å². The van der Waals surface area contributed by atoms with Crippen molar-refractivity contribution in [3.05, 3.63) is 29.3 Å². The van der Waals surface area contributed by atoms with E-state index in [-0.39, 0.29) is 28.9 Å². The number of thioether (sulfide) groups is 1. The molecular formula is C11H10BrF3OS. The van der Waals surface area contributed by atoms with Crippen LogP contribution in [-0.2, 0) is 0 Å². The first kappa shape index (κ1) is 14.6. The number of hydrogen-bond donors (Lipinski definition) is 0. The van der Waals surface area contributed by atoms with Crippen LogP contribution in [0.2, 0.25) is 0 Å². The molecule has 0 saturated carbocycles. The minimum Gasteiger partial charge on any atom is -0.294 e. The molecule has 0 spiro atoms. The predicted molar refractivity (Wildman–Crippen MR) is 65.8 cm³/mol. The summed E-state index contributed by atoms with van der Waals surface area (Å²) < 4.78 is 36.8. The molecule has 0 aliphatic carbocycles. The number of ketones is 1. The topological polar surface area (TPSA) is 17.1 Å². The fourth-order valence-corrected chi connectivity index (χ4v) is 2.26. The summed E-state index contributed by atoms with van der Waals surface area (Å²) in [5.74, 6) is -0.161. The van der Waals surface area contributed by atoms with Crippen LogP contribution in [0, 0.1) is 6.92 Å². The lowest BCUT2D eigenvalue weighted by molar-refractivity contribution is -0.0328. The van der Waals surface area contributed by atoms with Crippen molar-refractivity contribution < 1.29 is 18.0 Å². The van der Waals surface area contributed by atoms with Gasteiger partial charge in [0, 0.05) is 22.2 Å². The van der Waals surface area contributed by atoms with Gasteiger partial charge in [0.2, 0.25) is 0 Å². The number of rotatable bonds is 4. The van der Waals surface area contributed by atoms with Crippen molar-refractivity contribution in [1.82, 2.24) is 0 Å². The zero-order valence-electron chi connectivity index (χ0n) is 8.97. The van der Waals surface area contributed by atoms with Crippen LogP contribution >= 0.6 is 27.7 Å². The Labute approximate surface area is 110 Å². The highest BCUT2D eigenvalue weighted by molar-refractivity contribution is 9.09. The van der Waals surface area contributed by atoms with E-state index in [0.717, 1.165) is 0 Å². The lowest BCUT2D eigenvalue weighted by Crippen LogP contribution is -2.03. The summed E-state index contributed by atoms with van der Waals surface area (Å²) in [6.07, 6.45) is 0.277. The summed E-state index contributed by atoms with van der Waals surface area (Å²) in [7, 11) is 0. The minimum absolute atomic E-state index is 0.0814. The van der Waals surface area contributed by atoms with E-state index in [9.17, 15) is 18.0 Å². The highest BCUT2D eigenvalue weighted by Gasteiger charge is 2.30. The number of aryl methyl sites for hydroxylation is 1. The Morgan fingerprint density at radius 3 is 2.59 bits per heavy atom. The lowest BCUT2D eigenvalue weighted by atomic mass is 10.1. The molecule has 94 valence electrons. The van der Waals surface area contributed by atoms with Crippen LogP contribution in [0.15, 0.2) is 23.1 Å². The van der Waals surface area contributed by atoms with Crippen LogP contribution in [-0.4, -0.2) is 16.6 Å². The Morgan fingerprint density at radius 1 is 1.41 bits per heavy atom. The highest BCUT2D eigenvalue weighted by atomic mass is 79.9. The molecule has 0 atom stereocenters. The Hall–Kier alpha value is -0.490. The van der Waals surface area contributed by atoms with E-state index in [1.165, 1.54) is 12.1 Å². The van der Waals surface area contributed by atoms with Gasteiger partial charge in [-0.05, 0) is 30.3 Å². The van der Waals surface area contributed by atoms with E-state index in [4.69, 9.17) is 0 Å². The smallest absolute Gasteiger partial charge is 0.294 e. The molecule has 0 aliphatic rings. The summed E-state index contributed by atoms with van der Waals surface area (Å²) in [4.78, 5) is 11.6. The van der Waals surface area contributed by atoms with Crippen molar-refractivity contribution in [2.24, 2.45) is 0 Å². The Kier molecular flexibility index (Phi) is 5.06. The average molecular weight is 327 g/mol. The molecule has 1 aromatic rings. The third-order valence-electron chi connectivity index (χ3n) is 2.06. The van der Waals surface area contributed by atoms with Crippen molar-refractivity contribution >= 4 is 33.5 Å². The van der Waals surface area contributed by atoms with Gasteiger partial charge in [0.15, 0.2) is 5.78 Å². The van der Waals surface area contributed by atoms with Crippen molar-refractivity contribution in [3.63, 3.8) is 0 Å². The van der Waals surface area contributed by atoms with E-state index in [1.54, 1.807) is 13.0 Å². The highest BCUT2D eigenvalue weighted by Crippen LogP contribution is 2.38. The van der Waals surface area contributed by atoms with Crippen molar-refractivity contribution in [1.29, 1.82) is 0 Å². The van der Waals surface area contributed by atoms with Gasteiger partial charge in [-0.2, -0.15) is 13.2 Å². The van der Waals surface area contributed by atoms with Gasteiger partial charge in [-0.15, -0.1) is 0 Å². The molecule has 0 fully saturated rings. The Morgan fingerprint density at radius 2 is 2.06 bits per heavy atom. The third kappa shape index (κ3) is 4.71. The molecule has 1 nitrogen and oxygen atoms in total. The van der Waals surface area contributed by atoms with Crippen molar-refractivity contribution in [2.75, 3.05) is 5.33 Å². The quantitative estimate of drug-likeness (QED) is 0.458. The number of carbonyl (C=O) groups is 1. The molecule has 0 N–H and O–H groups in total. The van der Waals surface area contributed by atoms with Crippen molar-refractivity contribution in [3.8, 4) is 0 Å². The Bertz CT molecular complexity index is 418. The summed E-state index contributed by atoms with van der Waals surface area (Å²) in [6.45, 7) is 1.59. The first-order chi connectivity index (χ1) is 7.83. The zero-order valence-corrected chi connectivity index (χ0v) is 11.4. The monoisotopic (exact) mass is 326 g/mol. The number of alkyl halides is 4. The van der Waals surface area contributed by atoms with Crippen LogP contribution in [0.5, 0.6) is 0 Å². The summed E-state index contributed by atoms with van der Waals surface area (Å²) >= 11 is 2.94. The largest absolute Gasteiger partial charge is 0.446 e. The summed E-state index contributed by atoms with van der Waals surface area (Å²) in [6, 6.07) is 4.40. The van der Waals surface area contributed by atoms with Gasteiger partial charge in [-0.3, -0.25) is 4.79 Å². The molecule has 0 saturated heterocycles. The SMILES string of the molecule is Cc1ccc(C(=O)CCBr)cc1SC(F)(F)F. The maximum atomic E-state index is 12.3. The van der Waals surface area contributed by atoms with E-state index < -0.39 is 5.51 Å². The molecule has 0 heterocycles. The van der Waals surface area contributed by atoms with Crippen LogP contribution in [0.25, 0.3) is 0 Å². The van der Waals surface area contributed by atoms with Crippen LogP contribution < -0.4 is 0 Å². The van der Waals surface area contributed by atoms with E-state index in [2.05, 4.69) is 15.9 Å². The number of carbonyl (C=O) groups excluding carboxylic acids is 1. The van der Waals surface area contributed by atoms with Crippen LogP contribution in [0.1, 0.15) is 22.3 Å². The summed E-state index contributed by atoms with van der Waals surface area (Å²) in [5, 5.41) is 0.501. The Balaban J connectivity index is 2.98. The van der Waals surface area contributed by atoms with Gasteiger partial charge in [0.1, 0.15) is 0 Å². The molecule has 0 amide bonds. The van der Waals surface area contributed by atoms with Crippen LogP contribution in [0.3, 0.4) is 0 Å². The fraction of sp³-hybridized carbons (Fsp3) is 0.364. The molecule has 17 heavy (non-hydrogen) atoms. The molecule has 6 heteroatoms.